The topological polar surface area (TPSA) is 100 Å². The van der Waals surface area contributed by atoms with Crippen molar-refractivity contribution in [1.29, 1.82) is 0 Å². The number of benzene rings is 1. The number of nitrogens with zero attached hydrogens (tertiary/aromatic N) is 3. The normalized spacial score (nSPS) is 22.9. The number of ketones is 1. The summed E-state index contributed by atoms with van der Waals surface area (Å²) in [5.74, 6) is -0.430. The molecule has 3 aromatic rings. The molecule has 1 aromatic carbocycles. The second kappa shape index (κ2) is 9.15. The summed E-state index contributed by atoms with van der Waals surface area (Å²) in [5, 5.41) is 4.60. The number of hydrogen-bond acceptors (Lipinski definition) is 7. The standard InChI is InChI=1S/C24H24F3N3O5S/c1-24(12-36(32,33)13-24)9-20(31)15-8-19-22(28-10-15)21(14-3-2-4-16(7-14)35-23(26)27)29-30(19)18-5-6-34-11-17(18)25/h2-4,7-8,10,17-18,23H,5-6,9,11-13H2,1H3. The van der Waals surface area contributed by atoms with E-state index < -0.39 is 34.1 Å². The molecule has 2 atom stereocenters. The van der Waals surface area contributed by atoms with Gasteiger partial charge in [0.1, 0.15) is 23.1 Å². The molecule has 5 rings (SSSR count). The molecule has 192 valence electrons. The quantitative estimate of drug-likeness (QED) is 0.432. The van der Waals surface area contributed by atoms with E-state index in [9.17, 15) is 26.4 Å². The first-order valence-corrected chi connectivity index (χ1v) is 13.2. The maximum atomic E-state index is 14.9. The van der Waals surface area contributed by atoms with E-state index in [0.29, 0.717) is 35.3 Å². The molecule has 36 heavy (non-hydrogen) atoms. The van der Waals surface area contributed by atoms with Gasteiger partial charge in [-0.1, -0.05) is 19.1 Å². The summed E-state index contributed by atoms with van der Waals surface area (Å²) in [5.41, 5.74) is 1.19. The SMILES string of the molecule is CC1(CC(=O)c2cnc3c(-c4cccc(OC(F)F)c4)nn(C4CCOCC4F)c3c2)CS(=O)(=O)C1. The molecule has 0 saturated carbocycles. The fourth-order valence-corrected chi connectivity index (χ4v) is 7.26. The predicted molar refractivity (Wildman–Crippen MR) is 125 cm³/mol. The van der Waals surface area contributed by atoms with Crippen LogP contribution in [0.3, 0.4) is 0 Å². The van der Waals surface area contributed by atoms with E-state index in [1.165, 1.54) is 29.1 Å². The second-order valence-corrected chi connectivity index (χ2v) is 11.7. The highest BCUT2D eigenvalue weighted by Crippen LogP contribution is 2.38. The predicted octanol–water partition coefficient (Wildman–Crippen LogP) is 4.01. The number of sulfone groups is 1. The molecule has 0 N–H and O–H groups in total. The van der Waals surface area contributed by atoms with Gasteiger partial charge < -0.3 is 9.47 Å². The van der Waals surface area contributed by atoms with Gasteiger partial charge in [0.05, 0.1) is 29.7 Å². The van der Waals surface area contributed by atoms with Crippen LogP contribution in [0.15, 0.2) is 36.5 Å². The highest BCUT2D eigenvalue weighted by Gasteiger charge is 2.45. The van der Waals surface area contributed by atoms with E-state index in [1.807, 2.05) is 0 Å². The van der Waals surface area contributed by atoms with Gasteiger partial charge in [-0.3, -0.25) is 14.5 Å². The first kappa shape index (κ1) is 24.7. The molecule has 2 saturated heterocycles. The van der Waals surface area contributed by atoms with Gasteiger partial charge in [0, 0.05) is 35.8 Å². The van der Waals surface area contributed by atoms with E-state index in [1.54, 1.807) is 19.1 Å². The van der Waals surface area contributed by atoms with Gasteiger partial charge in [-0.2, -0.15) is 13.9 Å². The molecule has 2 aliphatic heterocycles. The fourth-order valence-electron chi connectivity index (χ4n) is 5.02. The van der Waals surface area contributed by atoms with Gasteiger partial charge in [0.2, 0.25) is 0 Å². The van der Waals surface area contributed by atoms with Crippen LogP contribution in [-0.4, -0.2) is 66.5 Å². The number of carbonyl (C=O) groups excluding carboxylic acids is 1. The Morgan fingerprint density at radius 3 is 2.78 bits per heavy atom. The van der Waals surface area contributed by atoms with Crippen LogP contribution in [0.1, 0.15) is 36.2 Å². The van der Waals surface area contributed by atoms with Crippen molar-refractivity contribution >= 4 is 26.7 Å². The van der Waals surface area contributed by atoms with Crippen LogP contribution in [0.25, 0.3) is 22.3 Å². The van der Waals surface area contributed by atoms with Crippen LogP contribution in [-0.2, 0) is 14.6 Å². The van der Waals surface area contributed by atoms with E-state index >= 15 is 0 Å². The van der Waals surface area contributed by atoms with Crippen molar-refractivity contribution in [3.05, 3.63) is 42.1 Å². The van der Waals surface area contributed by atoms with Crippen LogP contribution in [0.5, 0.6) is 5.75 Å². The number of pyridine rings is 1. The molecule has 0 aliphatic carbocycles. The van der Waals surface area contributed by atoms with Crippen molar-refractivity contribution in [3.63, 3.8) is 0 Å². The molecular weight excluding hydrogens is 499 g/mol. The Hall–Kier alpha value is -2.99. The Kier molecular flexibility index (Phi) is 6.27. The number of hydrogen-bond donors (Lipinski definition) is 0. The molecule has 2 unspecified atom stereocenters. The third-order valence-corrected chi connectivity index (χ3v) is 8.77. The number of carbonyl (C=O) groups is 1. The Bertz CT molecular complexity index is 1410. The lowest BCUT2D eigenvalue weighted by molar-refractivity contribution is -0.0498. The van der Waals surface area contributed by atoms with Gasteiger partial charge in [-0.15, -0.1) is 0 Å². The summed E-state index contributed by atoms with van der Waals surface area (Å²) in [6, 6.07) is 6.89. The third-order valence-electron chi connectivity index (χ3n) is 6.49. The van der Waals surface area contributed by atoms with E-state index in [4.69, 9.17) is 4.74 Å². The van der Waals surface area contributed by atoms with Gasteiger partial charge in [-0.05, 0) is 24.6 Å². The molecule has 4 heterocycles. The average molecular weight is 524 g/mol. The minimum absolute atomic E-state index is 0.0381. The van der Waals surface area contributed by atoms with Crippen LogP contribution in [0.2, 0.25) is 0 Å². The molecule has 2 aromatic heterocycles. The monoisotopic (exact) mass is 523 g/mol. The van der Waals surface area contributed by atoms with Crippen LogP contribution in [0.4, 0.5) is 13.2 Å². The molecular formula is C24H24F3N3O5S. The number of halogens is 3. The largest absolute Gasteiger partial charge is 0.435 e. The smallest absolute Gasteiger partial charge is 0.387 e. The van der Waals surface area contributed by atoms with Crippen LogP contribution in [0, 0.1) is 5.41 Å². The summed E-state index contributed by atoms with van der Waals surface area (Å²) in [7, 11) is -3.11. The Morgan fingerprint density at radius 2 is 2.08 bits per heavy atom. The maximum Gasteiger partial charge on any atom is 0.387 e. The average Bonchev–Trinajstić information content (AvgIpc) is 3.16. The summed E-state index contributed by atoms with van der Waals surface area (Å²) >= 11 is 0. The van der Waals surface area contributed by atoms with Crippen molar-refractivity contribution in [2.45, 2.75) is 38.6 Å². The number of Topliss-reactive ketones (excluding diaryl/α,β-unsaturated/α-hetero) is 1. The Balaban J connectivity index is 1.56. The lowest BCUT2D eigenvalue weighted by Gasteiger charge is -2.37. The lowest BCUT2D eigenvalue weighted by Crippen LogP contribution is -2.47. The highest BCUT2D eigenvalue weighted by atomic mass is 32.2. The maximum absolute atomic E-state index is 14.9. The first-order valence-electron chi connectivity index (χ1n) is 11.4. The van der Waals surface area contributed by atoms with Gasteiger partial charge in [0.25, 0.3) is 0 Å². The van der Waals surface area contributed by atoms with Crippen molar-refractivity contribution in [3.8, 4) is 17.0 Å². The minimum Gasteiger partial charge on any atom is -0.435 e. The zero-order valence-electron chi connectivity index (χ0n) is 19.4. The van der Waals surface area contributed by atoms with Gasteiger partial charge >= 0.3 is 6.61 Å². The Labute approximate surface area is 205 Å². The molecule has 8 nitrogen and oxygen atoms in total. The molecule has 0 bridgehead atoms. The summed E-state index contributed by atoms with van der Waals surface area (Å²) < 4.78 is 74.8. The number of alkyl halides is 3. The number of ether oxygens (including phenoxy) is 2. The molecule has 0 amide bonds. The highest BCUT2D eigenvalue weighted by molar-refractivity contribution is 7.92. The van der Waals surface area contributed by atoms with Crippen LogP contribution >= 0.6 is 0 Å². The number of rotatable bonds is 7. The first-order chi connectivity index (χ1) is 17.0. The number of fused-ring (bicyclic) bond motifs is 1. The molecule has 12 heteroatoms. The lowest BCUT2D eigenvalue weighted by atomic mass is 9.86. The second-order valence-electron chi connectivity index (χ2n) is 9.68. The zero-order valence-corrected chi connectivity index (χ0v) is 20.2. The molecule has 2 aliphatic rings. The summed E-state index contributed by atoms with van der Waals surface area (Å²) in [6.45, 7) is -1.01. The summed E-state index contributed by atoms with van der Waals surface area (Å²) in [4.78, 5) is 17.5. The zero-order chi connectivity index (χ0) is 25.7. The van der Waals surface area contributed by atoms with Crippen LogP contribution < -0.4 is 4.74 Å². The van der Waals surface area contributed by atoms with E-state index in [-0.39, 0.29) is 41.6 Å². The molecule has 0 radical (unpaired) electrons. The molecule has 2 fully saturated rings. The van der Waals surface area contributed by atoms with Crippen molar-refractivity contribution in [2.24, 2.45) is 5.41 Å². The van der Waals surface area contributed by atoms with Gasteiger partial charge in [0.15, 0.2) is 15.6 Å². The fraction of sp³-hybridized carbons (Fsp3) is 0.458. The Morgan fingerprint density at radius 1 is 1.31 bits per heavy atom. The summed E-state index contributed by atoms with van der Waals surface area (Å²) in [6.07, 6.45) is 0.422. The van der Waals surface area contributed by atoms with Crippen molar-refractivity contribution in [2.75, 3.05) is 24.7 Å². The minimum atomic E-state index is -3.11. The number of aromatic nitrogens is 3. The van der Waals surface area contributed by atoms with E-state index in [0.717, 1.165) is 0 Å². The van der Waals surface area contributed by atoms with Crippen molar-refractivity contribution < 1.29 is 35.9 Å². The van der Waals surface area contributed by atoms with Gasteiger partial charge in [-0.25, -0.2) is 12.8 Å². The molecule has 0 spiro atoms. The third kappa shape index (κ3) is 4.83. The van der Waals surface area contributed by atoms with Crippen molar-refractivity contribution in [1.82, 2.24) is 14.8 Å². The van der Waals surface area contributed by atoms with E-state index in [2.05, 4.69) is 14.8 Å².